The number of amides is 1. The predicted octanol–water partition coefficient (Wildman–Crippen LogP) is 2.46. The molecule has 0 spiro atoms. The van der Waals surface area contributed by atoms with Crippen LogP contribution in [0.4, 0.5) is 6.01 Å². The molecule has 1 N–H and O–H groups in total. The molecule has 0 unspecified atom stereocenters. The van der Waals surface area contributed by atoms with Gasteiger partial charge in [-0.15, -0.1) is 5.10 Å². The first-order chi connectivity index (χ1) is 13.9. The highest BCUT2D eigenvalue weighted by Crippen LogP contribution is 2.38. The average molecular weight is 399 g/mol. The van der Waals surface area contributed by atoms with E-state index in [4.69, 9.17) is 18.6 Å². The average Bonchev–Trinajstić information content (AvgIpc) is 3.30. The third kappa shape index (κ3) is 4.37. The Bertz CT molecular complexity index is 1030. The lowest BCUT2D eigenvalue weighted by Gasteiger charge is -2.12. The number of nitrogens with zero attached hydrogens (tertiary/aromatic N) is 4. The summed E-state index contributed by atoms with van der Waals surface area (Å²) in [5, 5.41) is 14.5. The zero-order chi connectivity index (χ0) is 21.0. The van der Waals surface area contributed by atoms with Crippen molar-refractivity contribution < 1.29 is 23.4 Å². The van der Waals surface area contributed by atoms with Crippen LogP contribution in [-0.2, 0) is 11.8 Å². The number of nitrogens with one attached hydrogen (secondary N) is 1. The van der Waals surface area contributed by atoms with Crippen LogP contribution in [0.1, 0.15) is 11.3 Å². The molecule has 0 aliphatic rings. The molecule has 152 valence electrons. The van der Waals surface area contributed by atoms with E-state index in [2.05, 4.69) is 20.6 Å². The van der Waals surface area contributed by atoms with E-state index in [0.717, 1.165) is 5.69 Å². The lowest BCUT2D eigenvalue weighted by Crippen LogP contribution is -2.07. The maximum absolute atomic E-state index is 12.2. The first-order valence-corrected chi connectivity index (χ1v) is 8.58. The minimum atomic E-state index is -0.435. The molecule has 2 heterocycles. The fourth-order valence-corrected chi connectivity index (χ4v) is 2.70. The Morgan fingerprint density at radius 3 is 2.34 bits per heavy atom. The van der Waals surface area contributed by atoms with Gasteiger partial charge in [-0.05, 0) is 36.8 Å². The third-order valence-electron chi connectivity index (χ3n) is 3.99. The zero-order valence-electron chi connectivity index (χ0n) is 16.7. The Kier molecular flexibility index (Phi) is 5.82. The monoisotopic (exact) mass is 399 g/mol. The standard InChI is InChI=1S/C19H21N5O5/c1-11-8-13(24(2)23-11)18-21-22-19(29-18)20-16(25)7-6-12-9-14(26-3)17(28-5)15(10-12)27-4/h6-10H,1-5H3,(H,20,22,25). The van der Waals surface area contributed by atoms with Crippen molar-refractivity contribution in [2.24, 2.45) is 7.05 Å². The van der Waals surface area contributed by atoms with E-state index in [1.807, 2.05) is 13.0 Å². The number of rotatable bonds is 7. The van der Waals surface area contributed by atoms with Gasteiger partial charge in [0.2, 0.25) is 5.75 Å². The van der Waals surface area contributed by atoms with Crippen molar-refractivity contribution >= 4 is 18.0 Å². The summed E-state index contributed by atoms with van der Waals surface area (Å²) < 4.78 is 23.0. The van der Waals surface area contributed by atoms with Crippen molar-refractivity contribution in [3.63, 3.8) is 0 Å². The van der Waals surface area contributed by atoms with Gasteiger partial charge in [0.05, 0.1) is 27.0 Å². The number of aryl methyl sites for hydroxylation is 2. The molecule has 10 heteroatoms. The summed E-state index contributed by atoms with van der Waals surface area (Å²) in [5.41, 5.74) is 2.16. The maximum atomic E-state index is 12.2. The van der Waals surface area contributed by atoms with Gasteiger partial charge in [-0.1, -0.05) is 5.10 Å². The van der Waals surface area contributed by atoms with Gasteiger partial charge < -0.3 is 18.6 Å². The lowest BCUT2D eigenvalue weighted by atomic mass is 10.1. The summed E-state index contributed by atoms with van der Waals surface area (Å²) in [4.78, 5) is 12.2. The molecule has 1 amide bonds. The van der Waals surface area contributed by atoms with Gasteiger partial charge in [-0.2, -0.15) is 5.10 Å². The van der Waals surface area contributed by atoms with Gasteiger partial charge in [0.15, 0.2) is 11.5 Å². The molecule has 3 rings (SSSR count). The van der Waals surface area contributed by atoms with Gasteiger partial charge in [0.1, 0.15) is 5.69 Å². The molecule has 0 aliphatic heterocycles. The van der Waals surface area contributed by atoms with Crippen LogP contribution >= 0.6 is 0 Å². The number of hydrogen-bond donors (Lipinski definition) is 1. The summed E-state index contributed by atoms with van der Waals surface area (Å²) >= 11 is 0. The van der Waals surface area contributed by atoms with Gasteiger partial charge in [0, 0.05) is 13.1 Å². The summed E-state index contributed by atoms with van der Waals surface area (Å²) in [6.45, 7) is 1.86. The van der Waals surface area contributed by atoms with Gasteiger partial charge >= 0.3 is 6.01 Å². The zero-order valence-corrected chi connectivity index (χ0v) is 16.7. The molecular formula is C19H21N5O5. The van der Waals surface area contributed by atoms with Crippen molar-refractivity contribution in [1.82, 2.24) is 20.0 Å². The molecule has 0 radical (unpaired) electrons. The van der Waals surface area contributed by atoms with Gasteiger partial charge in [-0.25, -0.2) is 0 Å². The van der Waals surface area contributed by atoms with Crippen LogP contribution in [0.2, 0.25) is 0 Å². The number of carbonyl (C=O) groups is 1. The number of anilines is 1. The Morgan fingerprint density at radius 1 is 1.10 bits per heavy atom. The first kappa shape index (κ1) is 19.9. The highest BCUT2D eigenvalue weighted by molar-refractivity contribution is 6.00. The topological polar surface area (TPSA) is 114 Å². The Balaban J connectivity index is 1.73. The molecule has 3 aromatic rings. The van der Waals surface area contributed by atoms with E-state index in [-0.39, 0.29) is 11.9 Å². The smallest absolute Gasteiger partial charge is 0.322 e. The number of methoxy groups -OCH3 is 3. The second-order valence-electron chi connectivity index (χ2n) is 5.99. The van der Waals surface area contributed by atoms with Crippen LogP contribution in [0.15, 0.2) is 28.7 Å². The lowest BCUT2D eigenvalue weighted by molar-refractivity contribution is -0.112. The Labute approximate surface area is 167 Å². The largest absolute Gasteiger partial charge is 0.493 e. The Morgan fingerprint density at radius 2 is 1.79 bits per heavy atom. The minimum absolute atomic E-state index is 0.0154. The number of ether oxygens (including phenoxy) is 3. The van der Waals surface area contributed by atoms with E-state index < -0.39 is 5.91 Å². The summed E-state index contributed by atoms with van der Waals surface area (Å²) in [6.07, 6.45) is 2.93. The number of carbonyl (C=O) groups excluding carboxylic acids is 1. The third-order valence-corrected chi connectivity index (χ3v) is 3.99. The van der Waals surface area contributed by atoms with Crippen LogP contribution in [0.5, 0.6) is 17.2 Å². The van der Waals surface area contributed by atoms with E-state index in [1.165, 1.54) is 27.4 Å². The van der Waals surface area contributed by atoms with Crippen molar-refractivity contribution in [2.45, 2.75) is 6.92 Å². The molecule has 0 bridgehead atoms. The molecule has 2 aromatic heterocycles. The van der Waals surface area contributed by atoms with E-state index in [1.54, 1.807) is 29.9 Å². The molecule has 29 heavy (non-hydrogen) atoms. The van der Waals surface area contributed by atoms with E-state index in [9.17, 15) is 4.79 Å². The van der Waals surface area contributed by atoms with Crippen LogP contribution in [0.3, 0.4) is 0 Å². The maximum Gasteiger partial charge on any atom is 0.322 e. The minimum Gasteiger partial charge on any atom is -0.493 e. The summed E-state index contributed by atoms with van der Waals surface area (Å²) in [6, 6.07) is 5.24. The van der Waals surface area contributed by atoms with Crippen LogP contribution in [0, 0.1) is 6.92 Å². The highest BCUT2D eigenvalue weighted by atomic mass is 16.5. The van der Waals surface area contributed by atoms with Crippen LogP contribution < -0.4 is 19.5 Å². The SMILES string of the molecule is COc1cc(C=CC(=O)Nc2nnc(-c3cc(C)nn3C)o2)cc(OC)c1OC. The van der Waals surface area contributed by atoms with Crippen molar-refractivity contribution in [2.75, 3.05) is 26.6 Å². The fourth-order valence-electron chi connectivity index (χ4n) is 2.70. The predicted molar refractivity (Wildman–Crippen MR) is 105 cm³/mol. The van der Waals surface area contributed by atoms with E-state index in [0.29, 0.717) is 28.5 Å². The molecule has 0 saturated heterocycles. The molecular weight excluding hydrogens is 378 g/mol. The van der Waals surface area contributed by atoms with Gasteiger partial charge in [-0.3, -0.25) is 14.8 Å². The molecule has 0 atom stereocenters. The van der Waals surface area contributed by atoms with Crippen molar-refractivity contribution in [3.05, 3.63) is 35.5 Å². The molecule has 10 nitrogen and oxygen atoms in total. The second kappa shape index (κ2) is 8.46. The second-order valence-corrected chi connectivity index (χ2v) is 5.99. The molecule has 0 aliphatic carbocycles. The number of benzene rings is 1. The summed E-state index contributed by atoms with van der Waals surface area (Å²) in [5.74, 6) is 1.27. The number of aromatic nitrogens is 4. The van der Waals surface area contributed by atoms with Crippen molar-refractivity contribution in [3.8, 4) is 28.8 Å². The highest BCUT2D eigenvalue weighted by Gasteiger charge is 2.15. The normalized spacial score (nSPS) is 10.9. The van der Waals surface area contributed by atoms with Crippen LogP contribution in [0.25, 0.3) is 17.7 Å². The van der Waals surface area contributed by atoms with Crippen LogP contribution in [-0.4, -0.2) is 47.2 Å². The number of hydrogen-bond acceptors (Lipinski definition) is 8. The van der Waals surface area contributed by atoms with E-state index >= 15 is 0 Å². The molecule has 0 saturated carbocycles. The molecule has 1 aromatic carbocycles. The fraction of sp³-hybridized carbons (Fsp3) is 0.263. The summed E-state index contributed by atoms with van der Waals surface area (Å²) in [7, 11) is 6.34. The Hall–Kier alpha value is -3.82. The van der Waals surface area contributed by atoms with Gasteiger partial charge in [0.25, 0.3) is 11.8 Å². The molecule has 0 fully saturated rings. The first-order valence-electron chi connectivity index (χ1n) is 8.58. The van der Waals surface area contributed by atoms with Crippen molar-refractivity contribution in [1.29, 1.82) is 0 Å². The quantitative estimate of drug-likeness (QED) is 0.603.